The molecule has 0 atom stereocenters. The van der Waals surface area contributed by atoms with Crippen LogP contribution in [0.5, 0.6) is 5.75 Å². The molecule has 1 amide bonds. The fourth-order valence-corrected chi connectivity index (χ4v) is 3.95. The Kier molecular flexibility index (Phi) is 4.19. The molecule has 8 nitrogen and oxygen atoms in total. The lowest BCUT2D eigenvalue weighted by Crippen LogP contribution is -2.15. The average molecular weight is 398 g/mol. The van der Waals surface area contributed by atoms with Crippen molar-refractivity contribution < 1.29 is 17.9 Å². The van der Waals surface area contributed by atoms with Crippen LogP contribution < -0.4 is 15.8 Å². The minimum Gasteiger partial charge on any atom is -0.493 e. The minimum absolute atomic E-state index is 0.0920. The van der Waals surface area contributed by atoms with E-state index in [9.17, 15) is 13.2 Å². The predicted molar refractivity (Wildman–Crippen MR) is 105 cm³/mol. The molecule has 0 saturated heterocycles. The quantitative estimate of drug-likeness (QED) is 0.690. The van der Waals surface area contributed by atoms with E-state index in [4.69, 9.17) is 10.5 Å². The molecule has 3 aromatic rings. The van der Waals surface area contributed by atoms with E-state index in [0.29, 0.717) is 28.9 Å². The summed E-state index contributed by atoms with van der Waals surface area (Å²) in [6.07, 6.45) is 3.19. The summed E-state index contributed by atoms with van der Waals surface area (Å²) < 4.78 is 29.7. The number of pyridine rings is 2. The van der Waals surface area contributed by atoms with E-state index in [0.717, 1.165) is 29.7 Å². The highest BCUT2D eigenvalue weighted by Crippen LogP contribution is 2.36. The number of sulfone groups is 1. The van der Waals surface area contributed by atoms with Crippen molar-refractivity contribution in [2.45, 2.75) is 18.4 Å². The van der Waals surface area contributed by atoms with Gasteiger partial charge in [-0.25, -0.2) is 13.4 Å². The number of ether oxygens (including phenoxy) is 1. The average Bonchev–Trinajstić information content (AvgIpc) is 3.10. The summed E-state index contributed by atoms with van der Waals surface area (Å²) in [4.78, 5) is 20.5. The Hall–Kier alpha value is -3.20. The van der Waals surface area contributed by atoms with Crippen molar-refractivity contribution in [3.8, 4) is 5.75 Å². The first-order valence-corrected chi connectivity index (χ1v) is 10.5. The summed E-state index contributed by atoms with van der Waals surface area (Å²) in [5, 5.41) is 3.63. The van der Waals surface area contributed by atoms with Crippen LogP contribution in [-0.2, 0) is 16.3 Å². The number of aryl methyl sites for hydroxylation is 1. The lowest BCUT2D eigenvalue weighted by molar-refractivity contribution is 0.100. The molecule has 3 heterocycles. The van der Waals surface area contributed by atoms with Crippen molar-refractivity contribution in [3.63, 3.8) is 0 Å². The third-order valence-electron chi connectivity index (χ3n) is 4.65. The number of primary amides is 1. The van der Waals surface area contributed by atoms with Gasteiger partial charge in [-0.1, -0.05) is 6.07 Å². The second-order valence-corrected chi connectivity index (χ2v) is 8.59. The monoisotopic (exact) mass is 398 g/mol. The topological polar surface area (TPSA) is 124 Å². The SMILES string of the molecule is Cc1nc(S(C)(=O)=O)cc2c(Nc3cccc4c3CCO4)c(C(N)=O)cnc12. The van der Waals surface area contributed by atoms with Crippen LogP contribution in [-0.4, -0.2) is 37.2 Å². The first-order valence-electron chi connectivity index (χ1n) is 8.57. The van der Waals surface area contributed by atoms with Gasteiger partial charge in [-0.05, 0) is 25.1 Å². The number of nitrogens with two attached hydrogens (primary N) is 1. The number of nitrogens with zero attached hydrogens (tertiary/aromatic N) is 2. The van der Waals surface area contributed by atoms with Gasteiger partial charge in [0.25, 0.3) is 5.91 Å². The van der Waals surface area contributed by atoms with E-state index in [1.54, 1.807) is 6.92 Å². The molecule has 0 aliphatic carbocycles. The maximum atomic E-state index is 12.1. The number of amides is 1. The molecule has 4 rings (SSSR count). The molecule has 1 aliphatic heterocycles. The number of carbonyl (C=O) groups is 1. The maximum Gasteiger partial charge on any atom is 0.252 e. The Morgan fingerprint density at radius 3 is 2.82 bits per heavy atom. The van der Waals surface area contributed by atoms with Crippen molar-refractivity contribution in [1.82, 2.24) is 9.97 Å². The number of hydrogen-bond donors (Lipinski definition) is 2. The molecule has 0 bridgehead atoms. The zero-order valence-corrected chi connectivity index (χ0v) is 16.1. The lowest BCUT2D eigenvalue weighted by atomic mass is 10.1. The molecule has 0 spiro atoms. The first-order chi connectivity index (χ1) is 13.3. The lowest BCUT2D eigenvalue weighted by Gasteiger charge is -2.16. The van der Waals surface area contributed by atoms with E-state index in [2.05, 4.69) is 15.3 Å². The molecule has 3 N–H and O–H groups in total. The van der Waals surface area contributed by atoms with Crippen molar-refractivity contribution in [2.75, 3.05) is 18.2 Å². The summed E-state index contributed by atoms with van der Waals surface area (Å²) in [6.45, 7) is 2.25. The van der Waals surface area contributed by atoms with E-state index < -0.39 is 15.7 Å². The smallest absolute Gasteiger partial charge is 0.252 e. The summed E-state index contributed by atoms with van der Waals surface area (Å²) in [5.41, 5.74) is 8.79. The van der Waals surface area contributed by atoms with E-state index in [1.165, 1.54) is 12.3 Å². The first kappa shape index (κ1) is 18.2. The zero-order chi connectivity index (χ0) is 20.1. The van der Waals surface area contributed by atoms with Crippen LogP contribution >= 0.6 is 0 Å². The second-order valence-electron chi connectivity index (χ2n) is 6.63. The van der Waals surface area contributed by atoms with Crippen LogP contribution in [0.2, 0.25) is 0 Å². The number of rotatable bonds is 4. The highest BCUT2D eigenvalue weighted by Gasteiger charge is 2.21. The molecule has 144 valence electrons. The van der Waals surface area contributed by atoms with Gasteiger partial charge in [-0.2, -0.15) is 0 Å². The summed E-state index contributed by atoms with van der Waals surface area (Å²) >= 11 is 0. The van der Waals surface area contributed by atoms with Gasteiger partial charge in [0.05, 0.1) is 29.1 Å². The van der Waals surface area contributed by atoms with Gasteiger partial charge in [0, 0.05) is 35.5 Å². The zero-order valence-electron chi connectivity index (χ0n) is 15.3. The van der Waals surface area contributed by atoms with Gasteiger partial charge < -0.3 is 15.8 Å². The number of hydrogen-bond acceptors (Lipinski definition) is 7. The normalized spacial score (nSPS) is 13.2. The highest BCUT2D eigenvalue weighted by molar-refractivity contribution is 7.90. The van der Waals surface area contributed by atoms with Crippen LogP contribution in [0.3, 0.4) is 0 Å². The van der Waals surface area contributed by atoms with E-state index >= 15 is 0 Å². The molecule has 0 fully saturated rings. The van der Waals surface area contributed by atoms with E-state index in [-0.39, 0.29) is 10.6 Å². The van der Waals surface area contributed by atoms with Crippen LogP contribution in [0, 0.1) is 6.92 Å². The molecule has 2 aromatic heterocycles. The number of anilines is 2. The van der Waals surface area contributed by atoms with Crippen molar-refractivity contribution >= 4 is 38.0 Å². The van der Waals surface area contributed by atoms with Crippen LogP contribution in [0.4, 0.5) is 11.4 Å². The maximum absolute atomic E-state index is 12.1. The molecule has 1 aliphatic rings. The molecular weight excluding hydrogens is 380 g/mol. The third kappa shape index (κ3) is 3.03. The van der Waals surface area contributed by atoms with Gasteiger partial charge >= 0.3 is 0 Å². The Balaban J connectivity index is 2.00. The highest BCUT2D eigenvalue weighted by atomic mass is 32.2. The summed E-state index contributed by atoms with van der Waals surface area (Å²) in [5.74, 6) is 0.106. The fourth-order valence-electron chi connectivity index (χ4n) is 3.31. The Morgan fingerprint density at radius 2 is 2.11 bits per heavy atom. The molecule has 0 saturated carbocycles. The summed E-state index contributed by atoms with van der Waals surface area (Å²) in [7, 11) is -3.55. The number of aromatic nitrogens is 2. The Morgan fingerprint density at radius 1 is 1.32 bits per heavy atom. The number of benzene rings is 1. The standard InChI is InChI=1S/C19H18N4O4S/c1-10-17-12(8-16(22-10)28(2,25)26)18(13(9-21-17)19(20)24)23-14-4-3-5-15-11(14)6-7-27-15/h3-5,8-9H,6-7H2,1-2H3,(H2,20,24)(H,21,23). The third-order valence-corrected chi connectivity index (χ3v) is 5.62. The molecule has 9 heteroatoms. The Labute approximate surface area is 161 Å². The van der Waals surface area contributed by atoms with Crippen LogP contribution in [0.1, 0.15) is 21.6 Å². The van der Waals surface area contributed by atoms with Gasteiger partial charge in [-0.3, -0.25) is 9.78 Å². The van der Waals surface area contributed by atoms with Gasteiger partial charge in [0.1, 0.15) is 5.75 Å². The number of fused-ring (bicyclic) bond motifs is 2. The Bertz CT molecular complexity index is 1240. The molecule has 0 unspecified atom stereocenters. The van der Waals surface area contributed by atoms with Crippen LogP contribution in [0.25, 0.3) is 10.9 Å². The largest absolute Gasteiger partial charge is 0.493 e. The van der Waals surface area contributed by atoms with Gasteiger partial charge in [0.15, 0.2) is 14.9 Å². The minimum atomic E-state index is -3.55. The van der Waals surface area contributed by atoms with Gasteiger partial charge in [-0.15, -0.1) is 0 Å². The van der Waals surface area contributed by atoms with Crippen LogP contribution in [0.15, 0.2) is 35.5 Å². The molecule has 28 heavy (non-hydrogen) atoms. The van der Waals surface area contributed by atoms with E-state index in [1.807, 2.05) is 18.2 Å². The summed E-state index contributed by atoms with van der Waals surface area (Å²) in [6, 6.07) is 7.01. The molecule has 0 radical (unpaired) electrons. The van der Waals surface area contributed by atoms with Crippen molar-refractivity contribution in [3.05, 3.63) is 47.3 Å². The van der Waals surface area contributed by atoms with Crippen molar-refractivity contribution in [1.29, 1.82) is 0 Å². The van der Waals surface area contributed by atoms with Gasteiger partial charge in [0.2, 0.25) is 0 Å². The number of nitrogens with one attached hydrogen (secondary N) is 1. The molecule has 1 aromatic carbocycles. The number of carbonyl (C=O) groups excluding carboxylic acids is 1. The second kappa shape index (κ2) is 6.45. The van der Waals surface area contributed by atoms with Crippen molar-refractivity contribution in [2.24, 2.45) is 5.73 Å². The molecular formula is C19H18N4O4S. The fraction of sp³-hybridized carbons (Fsp3) is 0.211. The predicted octanol–water partition coefficient (Wildman–Crippen LogP) is 2.12.